The van der Waals surface area contributed by atoms with Gasteiger partial charge in [0, 0.05) is 12.1 Å². The lowest BCUT2D eigenvalue weighted by Gasteiger charge is -2.12. The molecule has 0 aliphatic carbocycles. The third-order valence-electron chi connectivity index (χ3n) is 2.55. The summed E-state index contributed by atoms with van der Waals surface area (Å²) in [5, 5.41) is 2.65. The van der Waals surface area contributed by atoms with Gasteiger partial charge in [-0.05, 0) is 12.1 Å². The van der Waals surface area contributed by atoms with Gasteiger partial charge in [-0.2, -0.15) is 0 Å². The van der Waals surface area contributed by atoms with Crippen LogP contribution in [0.3, 0.4) is 0 Å². The van der Waals surface area contributed by atoms with E-state index in [1.165, 1.54) is 20.5 Å². The molecule has 2 rings (SSSR count). The molecule has 0 bridgehead atoms. The molecular weight excluding hydrogens is 248 g/mol. The van der Waals surface area contributed by atoms with Gasteiger partial charge in [0.05, 0.1) is 31.9 Å². The number of ether oxygens (including phenoxy) is 2. The molecule has 1 aromatic heterocycles. The molecule has 0 aliphatic heterocycles. The number of anilines is 2. The average Bonchev–Trinajstić information content (AvgIpc) is 2.94. The van der Waals surface area contributed by atoms with Gasteiger partial charge in [-0.3, -0.25) is 4.79 Å². The molecule has 6 heteroatoms. The molecule has 1 aromatic carbocycles. The van der Waals surface area contributed by atoms with Gasteiger partial charge in [-0.25, -0.2) is 0 Å². The predicted molar refractivity (Wildman–Crippen MR) is 70.6 cm³/mol. The van der Waals surface area contributed by atoms with E-state index >= 15 is 0 Å². The fraction of sp³-hybridized carbons (Fsp3) is 0.154. The second-order valence-electron chi connectivity index (χ2n) is 3.73. The number of amides is 1. The molecule has 0 atom stereocenters. The van der Waals surface area contributed by atoms with Crippen molar-refractivity contribution in [2.75, 3.05) is 25.3 Å². The fourth-order valence-electron chi connectivity index (χ4n) is 1.59. The standard InChI is InChI=1S/C13H14N2O4/c1-17-11-6-8(14)9(7-12(11)18-2)15-13(16)10-4-3-5-19-10/h3-7H,14H2,1-2H3,(H,15,16). The van der Waals surface area contributed by atoms with Crippen molar-refractivity contribution < 1.29 is 18.7 Å². The highest BCUT2D eigenvalue weighted by atomic mass is 16.5. The summed E-state index contributed by atoms with van der Waals surface area (Å²) in [6, 6.07) is 6.37. The molecule has 0 spiro atoms. The molecule has 1 amide bonds. The summed E-state index contributed by atoms with van der Waals surface area (Å²) in [6.07, 6.45) is 1.42. The highest BCUT2D eigenvalue weighted by molar-refractivity contribution is 6.04. The van der Waals surface area contributed by atoms with Gasteiger partial charge in [0.1, 0.15) is 0 Å². The summed E-state index contributed by atoms with van der Waals surface area (Å²) in [4.78, 5) is 11.8. The number of benzene rings is 1. The topological polar surface area (TPSA) is 86.7 Å². The van der Waals surface area contributed by atoms with Crippen LogP contribution < -0.4 is 20.5 Å². The average molecular weight is 262 g/mol. The van der Waals surface area contributed by atoms with Crippen LogP contribution in [0.5, 0.6) is 11.5 Å². The van der Waals surface area contributed by atoms with Crippen molar-refractivity contribution in [2.24, 2.45) is 0 Å². The zero-order valence-corrected chi connectivity index (χ0v) is 10.6. The first-order chi connectivity index (χ1) is 9.15. The van der Waals surface area contributed by atoms with Gasteiger partial charge in [-0.1, -0.05) is 0 Å². The maximum atomic E-state index is 11.8. The van der Waals surface area contributed by atoms with Crippen molar-refractivity contribution >= 4 is 17.3 Å². The van der Waals surface area contributed by atoms with E-state index in [9.17, 15) is 4.79 Å². The van der Waals surface area contributed by atoms with E-state index < -0.39 is 0 Å². The number of rotatable bonds is 4. The van der Waals surface area contributed by atoms with Crippen LogP contribution in [0.2, 0.25) is 0 Å². The molecule has 3 N–H and O–H groups in total. The Bertz CT molecular complexity index is 579. The third-order valence-corrected chi connectivity index (χ3v) is 2.55. The third kappa shape index (κ3) is 2.62. The molecule has 100 valence electrons. The van der Waals surface area contributed by atoms with Gasteiger partial charge >= 0.3 is 0 Å². The Morgan fingerprint density at radius 3 is 2.53 bits per heavy atom. The molecule has 6 nitrogen and oxygen atoms in total. The van der Waals surface area contributed by atoms with E-state index in [4.69, 9.17) is 19.6 Å². The molecule has 0 aliphatic rings. The van der Waals surface area contributed by atoms with Gasteiger partial charge < -0.3 is 24.9 Å². The first kappa shape index (κ1) is 12.8. The maximum absolute atomic E-state index is 11.8. The van der Waals surface area contributed by atoms with Crippen molar-refractivity contribution in [1.29, 1.82) is 0 Å². The molecule has 0 saturated carbocycles. The Morgan fingerprint density at radius 2 is 1.95 bits per heavy atom. The Labute approximate surface area is 110 Å². The smallest absolute Gasteiger partial charge is 0.291 e. The quantitative estimate of drug-likeness (QED) is 0.824. The van der Waals surface area contributed by atoms with Crippen molar-refractivity contribution in [3.05, 3.63) is 36.3 Å². The summed E-state index contributed by atoms with van der Waals surface area (Å²) in [5.74, 6) is 0.792. The van der Waals surface area contributed by atoms with Crippen molar-refractivity contribution in [1.82, 2.24) is 0 Å². The Balaban J connectivity index is 2.28. The van der Waals surface area contributed by atoms with Crippen LogP contribution in [0, 0.1) is 0 Å². The summed E-state index contributed by atoms with van der Waals surface area (Å²) >= 11 is 0. The lowest BCUT2D eigenvalue weighted by Crippen LogP contribution is -2.12. The van der Waals surface area contributed by atoms with Crippen LogP contribution in [-0.2, 0) is 0 Å². The van der Waals surface area contributed by atoms with Gasteiger partial charge in [0.2, 0.25) is 0 Å². The number of nitrogen functional groups attached to an aromatic ring is 1. The van der Waals surface area contributed by atoms with Crippen LogP contribution in [0.25, 0.3) is 0 Å². The number of hydrogen-bond acceptors (Lipinski definition) is 5. The number of carbonyl (C=O) groups is 1. The van der Waals surface area contributed by atoms with Crippen molar-refractivity contribution in [2.45, 2.75) is 0 Å². The molecule has 0 fully saturated rings. The van der Waals surface area contributed by atoms with Crippen LogP contribution in [-0.4, -0.2) is 20.1 Å². The first-order valence-electron chi connectivity index (χ1n) is 5.52. The molecule has 19 heavy (non-hydrogen) atoms. The van der Waals surface area contributed by atoms with Crippen LogP contribution in [0.15, 0.2) is 34.9 Å². The number of nitrogens with two attached hydrogens (primary N) is 1. The van der Waals surface area contributed by atoms with Crippen LogP contribution >= 0.6 is 0 Å². The Hall–Kier alpha value is -2.63. The number of furan rings is 1. The molecular formula is C13H14N2O4. The molecule has 2 aromatic rings. The minimum absolute atomic E-state index is 0.203. The van der Waals surface area contributed by atoms with Gasteiger partial charge in [-0.15, -0.1) is 0 Å². The second-order valence-corrected chi connectivity index (χ2v) is 3.73. The molecule has 0 saturated heterocycles. The van der Waals surface area contributed by atoms with E-state index in [0.717, 1.165) is 0 Å². The number of nitrogens with one attached hydrogen (secondary N) is 1. The molecule has 0 radical (unpaired) electrons. The van der Waals surface area contributed by atoms with Crippen LogP contribution in [0.4, 0.5) is 11.4 Å². The lowest BCUT2D eigenvalue weighted by molar-refractivity contribution is 0.0996. The van der Waals surface area contributed by atoms with Crippen LogP contribution in [0.1, 0.15) is 10.6 Å². The first-order valence-corrected chi connectivity index (χ1v) is 5.52. The van der Waals surface area contributed by atoms with Crippen molar-refractivity contribution in [3.8, 4) is 11.5 Å². The largest absolute Gasteiger partial charge is 0.493 e. The second kappa shape index (κ2) is 5.34. The zero-order chi connectivity index (χ0) is 13.8. The minimum atomic E-state index is -0.385. The summed E-state index contributed by atoms with van der Waals surface area (Å²) in [7, 11) is 3.02. The van der Waals surface area contributed by atoms with Gasteiger partial charge in [0.15, 0.2) is 17.3 Å². The fourth-order valence-corrected chi connectivity index (χ4v) is 1.59. The highest BCUT2D eigenvalue weighted by Crippen LogP contribution is 2.34. The highest BCUT2D eigenvalue weighted by Gasteiger charge is 2.14. The lowest BCUT2D eigenvalue weighted by atomic mass is 10.2. The maximum Gasteiger partial charge on any atom is 0.291 e. The number of methoxy groups -OCH3 is 2. The monoisotopic (exact) mass is 262 g/mol. The van der Waals surface area contributed by atoms with E-state index in [1.807, 2.05) is 0 Å². The van der Waals surface area contributed by atoms with E-state index in [2.05, 4.69) is 5.32 Å². The molecule has 0 unspecified atom stereocenters. The summed E-state index contributed by atoms with van der Waals surface area (Å²) < 4.78 is 15.3. The Kier molecular flexibility index (Phi) is 3.61. The van der Waals surface area contributed by atoms with E-state index in [0.29, 0.717) is 22.9 Å². The summed E-state index contributed by atoms with van der Waals surface area (Å²) in [6.45, 7) is 0. The van der Waals surface area contributed by atoms with Crippen molar-refractivity contribution in [3.63, 3.8) is 0 Å². The SMILES string of the molecule is COc1cc(N)c(NC(=O)c2ccco2)cc1OC. The minimum Gasteiger partial charge on any atom is -0.493 e. The van der Waals surface area contributed by atoms with E-state index in [1.54, 1.807) is 24.3 Å². The summed E-state index contributed by atoms with van der Waals surface area (Å²) in [5.41, 5.74) is 6.64. The Morgan fingerprint density at radius 1 is 1.26 bits per heavy atom. The van der Waals surface area contributed by atoms with Gasteiger partial charge in [0.25, 0.3) is 5.91 Å². The normalized spacial score (nSPS) is 10.0. The number of hydrogen-bond donors (Lipinski definition) is 2. The zero-order valence-electron chi connectivity index (χ0n) is 10.6. The molecule has 1 heterocycles. The predicted octanol–water partition coefficient (Wildman–Crippen LogP) is 2.13. The van der Waals surface area contributed by atoms with E-state index in [-0.39, 0.29) is 11.7 Å². The number of carbonyl (C=O) groups excluding carboxylic acids is 1.